The van der Waals surface area contributed by atoms with E-state index in [1.165, 1.54) is 11.8 Å². The van der Waals surface area contributed by atoms with Crippen LogP contribution in [0.4, 0.5) is 0 Å². The summed E-state index contributed by atoms with van der Waals surface area (Å²) in [5, 5.41) is 1.08. The third kappa shape index (κ3) is 1.97. The molecule has 0 radical (unpaired) electrons. The summed E-state index contributed by atoms with van der Waals surface area (Å²) in [7, 11) is 0. The Morgan fingerprint density at radius 1 is 1.12 bits per heavy atom. The molecule has 0 N–H and O–H groups in total. The van der Waals surface area contributed by atoms with Crippen molar-refractivity contribution in [1.29, 1.82) is 0 Å². The predicted molar refractivity (Wildman–Crippen MR) is 62.2 cm³/mol. The molecule has 2 heterocycles. The number of furan rings is 1. The second-order valence-electron chi connectivity index (χ2n) is 3.32. The van der Waals surface area contributed by atoms with Crippen molar-refractivity contribution in [3.05, 3.63) is 42.2 Å². The number of carbonyl (C=O) groups excluding carboxylic acids is 1. The van der Waals surface area contributed by atoms with E-state index < -0.39 is 0 Å². The summed E-state index contributed by atoms with van der Waals surface area (Å²) in [6.45, 7) is 0. The SMILES string of the molecule is O=Cc1ccc(Sc2nc3ccccc3o2)o1. The highest BCUT2D eigenvalue weighted by atomic mass is 32.2. The Hall–Kier alpha value is -2.01. The van der Waals surface area contributed by atoms with E-state index in [0.717, 1.165) is 11.1 Å². The van der Waals surface area contributed by atoms with Crippen molar-refractivity contribution in [2.45, 2.75) is 10.3 Å². The molecule has 0 unspecified atom stereocenters. The lowest BCUT2D eigenvalue weighted by molar-refractivity contribution is 0.109. The average molecular weight is 245 g/mol. The molecule has 0 aliphatic rings. The topological polar surface area (TPSA) is 56.2 Å². The summed E-state index contributed by atoms with van der Waals surface area (Å²) in [5.74, 6) is 0.295. The fourth-order valence-corrected chi connectivity index (χ4v) is 2.15. The largest absolute Gasteiger partial charge is 0.447 e. The van der Waals surface area contributed by atoms with Crippen LogP contribution in [0.15, 0.2) is 55.5 Å². The van der Waals surface area contributed by atoms with Gasteiger partial charge in [0.15, 0.2) is 22.7 Å². The van der Waals surface area contributed by atoms with Gasteiger partial charge >= 0.3 is 0 Å². The number of carbonyl (C=O) groups is 1. The maximum absolute atomic E-state index is 10.5. The number of oxazole rings is 1. The van der Waals surface area contributed by atoms with Crippen molar-refractivity contribution in [1.82, 2.24) is 4.98 Å². The van der Waals surface area contributed by atoms with Gasteiger partial charge < -0.3 is 8.83 Å². The molecule has 0 fully saturated rings. The Morgan fingerprint density at radius 3 is 2.76 bits per heavy atom. The zero-order chi connectivity index (χ0) is 11.7. The summed E-state index contributed by atoms with van der Waals surface area (Å²) in [6.07, 6.45) is 0.663. The van der Waals surface area contributed by atoms with E-state index in [0.29, 0.717) is 22.4 Å². The molecule has 84 valence electrons. The Balaban J connectivity index is 1.91. The first-order valence-corrected chi connectivity index (χ1v) is 5.75. The molecule has 1 aromatic carbocycles. The molecule has 0 spiro atoms. The zero-order valence-electron chi connectivity index (χ0n) is 8.62. The molecule has 0 saturated carbocycles. The highest BCUT2D eigenvalue weighted by Crippen LogP contribution is 2.30. The van der Waals surface area contributed by atoms with Crippen LogP contribution >= 0.6 is 11.8 Å². The third-order valence-electron chi connectivity index (χ3n) is 2.18. The molecule has 17 heavy (non-hydrogen) atoms. The van der Waals surface area contributed by atoms with Crippen LogP contribution in [0.2, 0.25) is 0 Å². The Morgan fingerprint density at radius 2 is 2.00 bits per heavy atom. The number of aldehydes is 1. The second kappa shape index (κ2) is 4.10. The van der Waals surface area contributed by atoms with Crippen molar-refractivity contribution < 1.29 is 13.6 Å². The van der Waals surface area contributed by atoms with E-state index in [2.05, 4.69) is 4.98 Å². The molecular weight excluding hydrogens is 238 g/mol. The maximum atomic E-state index is 10.5. The van der Waals surface area contributed by atoms with E-state index in [9.17, 15) is 4.79 Å². The van der Waals surface area contributed by atoms with Crippen LogP contribution in [0.5, 0.6) is 0 Å². The molecule has 5 heteroatoms. The van der Waals surface area contributed by atoms with Crippen molar-refractivity contribution in [3.63, 3.8) is 0 Å². The number of hydrogen-bond acceptors (Lipinski definition) is 5. The fraction of sp³-hybridized carbons (Fsp3) is 0. The lowest BCUT2D eigenvalue weighted by Gasteiger charge is -1.88. The number of para-hydroxylation sites is 2. The van der Waals surface area contributed by atoms with E-state index >= 15 is 0 Å². The van der Waals surface area contributed by atoms with E-state index in [-0.39, 0.29) is 0 Å². The monoisotopic (exact) mass is 245 g/mol. The molecule has 0 bridgehead atoms. The van der Waals surface area contributed by atoms with Gasteiger partial charge in [0.1, 0.15) is 5.52 Å². The summed E-state index contributed by atoms with van der Waals surface area (Å²) < 4.78 is 10.7. The summed E-state index contributed by atoms with van der Waals surface area (Å²) in [5.41, 5.74) is 1.54. The third-order valence-corrected chi connectivity index (χ3v) is 2.95. The average Bonchev–Trinajstić information content (AvgIpc) is 2.94. The van der Waals surface area contributed by atoms with Gasteiger partial charge in [-0.2, -0.15) is 0 Å². The van der Waals surface area contributed by atoms with Gasteiger partial charge in [0.05, 0.1) is 0 Å². The van der Waals surface area contributed by atoms with Crippen LogP contribution < -0.4 is 0 Å². The molecule has 0 aliphatic carbocycles. The molecule has 3 rings (SSSR count). The first-order valence-electron chi connectivity index (χ1n) is 4.93. The number of hydrogen-bond donors (Lipinski definition) is 0. The Bertz CT molecular complexity index is 638. The van der Waals surface area contributed by atoms with E-state index in [1.54, 1.807) is 12.1 Å². The van der Waals surface area contributed by atoms with Crippen molar-refractivity contribution >= 4 is 29.1 Å². The summed E-state index contributed by atoms with van der Waals surface area (Å²) >= 11 is 1.25. The summed E-state index contributed by atoms with van der Waals surface area (Å²) in [6, 6.07) is 10.8. The van der Waals surface area contributed by atoms with Gasteiger partial charge in [0.2, 0.25) is 0 Å². The van der Waals surface area contributed by atoms with Crippen molar-refractivity contribution in [2.24, 2.45) is 0 Å². The zero-order valence-corrected chi connectivity index (χ0v) is 9.44. The second-order valence-corrected chi connectivity index (χ2v) is 4.28. The van der Waals surface area contributed by atoms with Gasteiger partial charge in [-0.3, -0.25) is 4.79 Å². The summed E-state index contributed by atoms with van der Waals surface area (Å²) in [4.78, 5) is 14.8. The fourth-order valence-electron chi connectivity index (χ4n) is 1.43. The number of nitrogens with zero attached hydrogens (tertiary/aromatic N) is 1. The first-order chi connectivity index (χ1) is 8.35. The minimum atomic E-state index is 0.295. The van der Waals surface area contributed by atoms with E-state index in [1.807, 2.05) is 24.3 Å². The minimum Gasteiger partial charge on any atom is -0.447 e. The van der Waals surface area contributed by atoms with Crippen LogP contribution in [-0.4, -0.2) is 11.3 Å². The lowest BCUT2D eigenvalue weighted by atomic mass is 10.3. The van der Waals surface area contributed by atoms with Crippen LogP contribution in [0, 0.1) is 0 Å². The Labute approximate surface area is 101 Å². The number of benzene rings is 1. The molecule has 3 aromatic rings. The van der Waals surface area contributed by atoms with Crippen LogP contribution in [0.1, 0.15) is 10.6 Å². The van der Waals surface area contributed by atoms with Gasteiger partial charge in [0, 0.05) is 11.8 Å². The quantitative estimate of drug-likeness (QED) is 0.662. The molecule has 2 aromatic heterocycles. The van der Waals surface area contributed by atoms with Crippen molar-refractivity contribution in [2.75, 3.05) is 0 Å². The van der Waals surface area contributed by atoms with Gasteiger partial charge in [-0.05, 0) is 24.3 Å². The van der Waals surface area contributed by atoms with Crippen LogP contribution in [-0.2, 0) is 0 Å². The normalized spacial score (nSPS) is 10.8. The smallest absolute Gasteiger partial charge is 0.264 e. The standard InChI is InChI=1S/C12H7NO3S/c14-7-8-5-6-11(15-8)17-12-13-9-3-1-2-4-10(9)16-12/h1-7H. The van der Waals surface area contributed by atoms with Gasteiger partial charge in [-0.15, -0.1) is 0 Å². The maximum Gasteiger partial charge on any atom is 0.264 e. The molecule has 0 saturated heterocycles. The molecule has 0 atom stereocenters. The van der Waals surface area contributed by atoms with Gasteiger partial charge in [-0.25, -0.2) is 4.98 Å². The van der Waals surface area contributed by atoms with E-state index in [4.69, 9.17) is 8.83 Å². The molecule has 0 amide bonds. The molecule has 0 aliphatic heterocycles. The minimum absolute atomic E-state index is 0.295. The van der Waals surface area contributed by atoms with Crippen LogP contribution in [0.3, 0.4) is 0 Å². The highest BCUT2D eigenvalue weighted by Gasteiger charge is 2.09. The lowest BCUT2D eigenvalue weighted by Crippen LogP contribution is -1.70. The predicted octanol–water partition coefficient (Wildman–Crippen LogP) is 3.38. The Kier molecular flexibility index (Phi) is 2.45. The number of fused-ring (bicyclic) bond motifs is 1. The molecule has 4 nitrogen and oxygen atoms in total. The van der Waals surface area contributed by atoms with Crippen molar-refractivity contribution in [3.8, 4) is 0 Å². The van der Waals surface area contributed by atoms with Crippen LogP contribution in [0.25, 0.3) is 11.1 Å². The van der Waals surface area contributed by atoms with Gasteiger partial charge in [0.25, 0.3) is 5.22 Å². The molecular formula is C12H7NO3S. The first kappa shape index (κ1) is 10.2. The highest BCUT2D eigenvalue weighted by molar-refractivity contribution is 7.99. The number of aromatic nitrogens is 1. The number of rotatable bonds is 3. The van der Waals surface area contributed by atoms with Gasteiger partial charge in [-0.1, -0.05) is 12.1 Å².